The van der Waals surface area contributed by atoms with Gasteiger partial charge >= 0.3 is 48.9 Å². The predicted molar refractivity (Wildman–Crippen MR) is 284 cm³/mol. The molecule has 0 atom stereocenters. The van der Waals surface area contributed by atoms with Crippen LogP contribution in [0.3, 0.4) is 0 Å². The van der Waals surface area contributed by atoms with Gasteiger partial charge in [-0.2, -0.15) is 23.8 Å². The van der Waals surface area contributed by atoms with Crippen LogP contribution in [0.15, 0.2) is 164 Å². The average Bonchev–Trinajstić information content (AvgIpc) is 3.37. The number of carbonyl (C=O) groups excluding carboxylic acids is 2. The molecule has 18 nitrogen and oxygen atoms in total. The van der Waals surface area contributed by atoms with Crippen LogP contribution in [0.5, 0.6) is 23.0 Å². The van der Waals surface area contributed by atoms with Crippen molar-refractivity contribution in [3.05, 3.63) is 166 Å². The number of fused-ring (bicyclic) bond motifs is 2. The van der Waals surface area contributed by atoms with Crippen molar-refractivity contribution in [3.63, 3.8) is 0 Å². The van der Waals surface area contributed by atoms with E-state index in [1.807, 2.05) is 0 Å². The summed E-state index contributed by atoms with van der Waals surface area (Å²) in [5, 5.41) is 48.1. The van der Waals surface area contributed by atoms with Gasteiger partial charge in [0.1, 0.15) is 32.2 Å². The van der Waals surface area contributed by atoms with Gasteiger partial charge in [-0.15, -0.1) is 5.11 Å². The summed E-state index contributed by atoms with van der Waals surface area (Å²) in [5.74, 6) is -0.968. The number of ether oxygens (including phenoxy) is 2. The summed E-state index contributed by atoms with van der Waals surface area (Å²) in [6.45, 7) is 3.36. The van der Waals surface area contributed by atoms with E-state index in [-0.39, 0.29) is 127 Å². The van der Waals surface area contributed by atoms with Crippen molar-refractivity contribution in [3.8, 4) is 23.0 Å². The second-order valence-electron chi connectivity index (χ2n) is 15.9. The summed E-state index contributed by atoms with van der Waals surface area (Å²) >= 11 is 12.2. The van der Waals surface area contributed by atoms with Gasteiger partial charge in [-0.05, 0) is 120 Å². The number of nitrogens with zero attached hydrogens (tertiary/aromatic N) is 4. The monoisotopic (exact) mass is 1210 g/mol. The van der Waals surface area contributed by atoms with Crippen molar-refractivity contribution in [1.29, 1.82) is 0 Å². The molecule has 0 unspecified atom stereocenters. The SMILES string of the molecule is CCc1cc(N=Nc2c(O)c(C(=O)Nc3ccc(OC)cc3)cc3ccccc23)cc(Cl)c1S(=O)(=O)O.CCc1cc(N=Nc2c([O-])c(C(=O)Nc3ccc(OC)cc3)cc3ccccc23)cc(Cl)c1S(=O)(=O)[O-].[Ba+2]. The van der Waals surface area contributed by atoms with Crippen LogP contribution in [-0.2, 0) is 33.1 Å². The van der Waals surface area contributed by atoms with E-state index in [1.165, 1.54) is 44.6 Å². The molecule has 75 heavy (non-hydrogen) atoms. The van der Waals surface area contributed by atoms with Crippen molar-refractivity contribution in [1.82, 2.24) is 0 Å². The minimum absolute atomic E-state index is 0. The van der Waals surface area contributed by atoms with Gasteiger partial charge in [-0.25, -0.2) is 8.42 Å². The molecule has 2 amide bonds. The summed E-state index contributed by atoms with van der Waals surface area (Å²) in [7, 11) is -6.27. The number of amides is 2. The smallest absolute Gasteiger partial charge is 0.870 e. The number of halogens is 2. The van der Waals surface area contributed by atoms with Gasteiger partial charge in [-0.3, -0.25) is 14.1 Å². The molecule has 0 saturated carbocycles. The van der Waals surface area contributed by atoms with Crippen LogP contribution in [0.1, 0.15) is 45.7 Å². The normalized spacial score (nSPS) is 11.5. The van der Waals surface area contributed by atoms with Gasteiger partial charge in [0.2, 0.25) is 0 Å². The largest absolute Gasteiger partial charge is 2.00 e. The zero-order valence-corrected chi connectivity index (χ0v) is 47.7. The minimum atomic E-state index is -4.80. The number of phenolic OH excluding ortho intramolecular Hbond substituents is 1. The molecule has 380 valence electrons. The van der Waals surface area contributed by atoms with Crippen molar-refractivity contribution >= 4 is 160 Å². The van der Waals surface area contributed by atoms with Crippen LogP contribution in [0.25, 0.3) is 21.5 Å². The molecule has 0 aliphatic heterocycles. The predicted octanol–water partition coefficient (Wildman–Crippen LogP) is 12.0. The Balaban J connectivity index is 0.000000241. The van der Waals surface area contributed by atoms with Crippen LogP contribution in [0, 0.1) is 0 Å². The molecule has 23 heteroatoms. The number of phenols is 1. The first-order valence-electron chi connectivity index (χ1n) is 22.0. The van der Waals surface area contributed by atoms with E-state index in [9.17, 15) is 45.7 Å². The third kappa shape index (κ3) is 13.7. The molecular formula is C52H42BaCl2N6O12S2. The van der Waals surface area contributed by atoms with Gasteiger partial charge in [0.05, 0.1) is 51.8 Å². The quantitative estimate of drug-likeness (QED) is 0.0449. The fraction of sp³-hybridized carbons (Fsp3) is 0.115. The van der Waals surface area contributed by atoms with Crippen LogP contribution >= 0.6 is 23.2 Å². The maximum atomic E-state index is 13.3. The summed E-state index contributed by atoms with van der Waals surface area (Å²) in [6.07, 6.45) is 0.462. The summed E-state index contributed by atoms with van der Waals surface area (Å²) in [4.78, 5) is 25.1. The van der Waals surface area contributed by atoms with Crippen LogP contribution in [0.4, 0.5) is 34.1 Å². The number of aromatic hydroxyl groups is 1. The summed E-state index contributed by atoms with van der Waals surface area (Å²) < 4.78 is 78.0. The van der Waals surface area contributed by atoms with Crippen LogP contribution < -0.4 is 25.2 Å². The standard InChI is InChI=1S/2C26H22ClN3O6S.Ba/c2*1-3-15-12-18(14-22(27)25(15)37(33,34)35)29-30-23-20-7-5-4-6-16(20)13-21(24(23)31)26(32)28-17-8-10-19(36-2)11-9-17;/h2*4-14,31H,3H2,1-2H3,(H,28,32)(H,33,34,35);/q;;+2/p-2. The van der Waals surface area contributed by atoms with Gasteiger partial charge in [0, 0.05) is 27.7 Å². The number of nitrogens with one attached hydrogen (secondary N) is 2. The van der Waals surface area contributed by atoms with E-state index in [1.54, 1.807) is 117 Å². The number of aryl methyl sites for hydroxylation is 2. The Hall–Kier alpha value is -6.41. The van der Waals surface area contributed by atoms with Gasteiger partial charge < -0.3 is 34.9 Å². The van der Waals surface area contributed by atoms with Crippen molar-refractivity contribution in [2.24, 2.45) is 20.5 Å². The van der Waals surface area contributed by atoms with E-state index in [2.05, 4.69) is 31.1 Å². The summed E-state index contributed by atoms with van der Waals surface area (Å²) in [6, 6.07) is 35.5. The second-order valence-corrected chi connectivity index (χ2v) is 19.4. The maximum absolute atomic E-state index is 13.3. The molecule has 0 saturated heterocycles. The zero-order valence-electron chi connectivity index (χ0n) is 40.2. The van der Waals surface area contributed by atoms with Gasteiger partial charge in [0.25, 0.3) is 21.9 Å². The van der Waals surface area contributed by atoms with Crippen molar-refractivity contribution in [2.45, 2.75) is 36.5 Å². The topological polar surface area (TPSA) is 281 Å². The molecule has 0 bridgehead atoms. The molecule has 8 aromatic carbocycles. The van der Waals surface area contributed by atoms with E-state index >= 15 is 0 Å². The fourth-order valence-corrected chi connectivity index (χ4v) is 10.3. The van der Waals surface area contributed by atoms with Gasteiger partial charge in [-0.1, -0.05) is 91.3 Å². The van der Waals surface area contributed by atoms with Crippen LogP contribution in [-0.4, -0.2) is 106 Å². The molecule has 0 heterocycles. The number of rotatable bonds is 14. The van der Waals surface area contributed by atoms with Gasteiger partial charge in [0.15, 0.2) is 5.75 Å². The Bertz CT molecular complexity index is 3530. The minimum Gasteiger partial charge on any atom is -0.870 e. The maximum Gasteiger partial charge on any atom is 2.00 e. The Morgan fingerprint density at radius 2 is 1.01 bits per heavy atom. The molecule has 0 aliphatic rings. The number of hydrogen-bond acceptors (Lipinski definition) is 15. The first-order chi connectivity index (χ1) is 35.2. The molecule has 0 aromatic heterocycles. The van der Waals surface area contributed by atoms with E-state index in [4.69, 9.17) is 32.7 Å². The Kier molecular flexibility index (Phi) is 19.3. The van der Waals surface area contributed by atoms with E-state index in [0.29, 0.717) is 44.4 Å². The van der Waals surface area contributed by atoms with Crippen molar-refractivity contribution < 1.29 is 55.2 Å². The molecule has 0 fully saturated rings. The Labute approximate surface area is 481 Å². The summed E-state index contributed by atoms with van der Waals surface area (Å²) in [5.41, 5.74) is 1.57. The Morgan fingerprint density at radius 1 is 0.600 bits per heavy atom. The van der Waals surface area contributed by atoms with Crippen LogP contribution in [0.2, 0.25) is 10.0 Å². The molecule has 4 N–H and O–H groups in total. The third-order valence-corrected chi connectivity index (χ3v) is 14.0. The zero-order chi connectivity index (χ0) is 53.5. The molecule has 8 aromatic rings. The number of benzene rings is 8. The number of azo groups is 2. The van der Waals surface area contributed by atoms with E-state index < -0.39 is 42.7 Å². The Morgan fingerprint density at radius 3 is 1.47 bits per heavy atom. The number of anilines is 2. The number of carbonyl (C=O) groups is 2. The molecule has 8 rings (SSSR count). The molecule has 0 aliphatic carbocycles. The number of hydrogen-bond donors (Lipinski definition) is 4. The third-order valence-electron chi connectivity index (χ3n) is 11.2. The first kappa shape index (κ1) is 57.9. The molecular weight excluding hydrogens is 1170 g/mol. The molecule has 0 spiro atoms. The van der Waals surface area contributed by atoms with Crippen molar-refractivity contribution in [2.75, 3.05) is 24.9 Å². The number of methoxy groups -OCH3 is 2. The fourth-order valence-electron chi connectivity index (χ4n) is 7.61. The second kappa shape index (κ2) is 25.0. The average molecular weight is 1220 g/mol. The van der Waals surface area contributed by atoms with E-state index in [0.717, 1.165) is 0 Å². The first-order valence-corrected chi connectivity index (χ1v) is 25.6. The molecule has 0 radical (unpaired) electrons.